The lowest BCUT2D eigenvalue weighted by Gasteiger charge is -2.20. The highest BCUT2D eigenvalue weighted by atomic mass is 32.2. The van der Waals surface area contributed by atoms with Gasteiger partial charge >= 0.3 is 12.1 Å². The second kappa shape index (κ2) is 19.0. The normalized spacial score (nSPS) is 13.9. The van der Waals surface area contributed by atoms with Crippen molar-refractivity contribution in [3.05, 3.63) is 65.0 Å². The number of amides is 1. The van der Waals surface area contributed by atoms with Gasteiger partial charge in [0, 0.05) is 18.2 Å². The third kappa shape index (κ3) is 16.5. The van der Waals surface area contributed by atoms with Crippen molar-refractivity contribution in [2.45, 2.75) is 131 Å². The van der Waals surface area contributed by atoms with Crippen molar-refractivity contribution in [1.29, 1.82) is 0 Å². The quantitative estimate of drug-likeness (QED) is 0.295. The lowest BCUT2D eigenvalue weighted by Crippen LogP contribution is -2.32. The van der Waals surface area contributed by atoms with E-state index in [0.29, 0.717) is 24.6 Å². The molecule has 0 atom stereocenters. The van der Waals surface area contributed by atoms with Crippen LogP contribution in [0, 0.1) is 11.7 Å². The Morgan fingerprint density at radius 3 is 1.87 bits per heavy atom. The van der Waals surface area contributed by atoms with Gasteiger partial charge in [-0.1, -0.05) is 52.0 Å². The molecular weight excluding hydrogens is 623 g/mol. The summed E-state index contributed by atoms with van der Waals surface area (Å²) < 4.78 is 53.3. The summed E-state index contributed by atoms with van der Waals surface area (Å²) in [5.41, 5.74) is 2.47. The van der Waals surface area contributed by atoms with E-state index in [4.69, 9.17) is 14.2 Å². The molecule has 0 saturated heterocycles. The number of esters is 1. The molecule has 266 valence electrons. The maximum atomic E-state index is 13.4. The van der Waals surface area contributed by atoms with E-state index in [1.165, 1.54) is 16.5 Å². The van der Waals surface area contributed by atoms with Crippen LogP contribution in [0.2, 0.25) is 0 Å². The monoisotopic (exact) mass is 680 g/mol. The smallest absolute Gasteiger partial charge is 0.410 e. The number of hydrogen-bond donors (Lipinski definition) is 1. The zero-order valence-electron chi connectivity index (χ0n) is 30.3. The van der Waals surface area contributed by atoms with Gasteiger partial charge in [-0.3, -0.25) is 9.69 Å². The van der Waals surface area contributed by atoms with Gasteiger partial charge in [0.15, 0.2) is 0 Å². The molecule has 0 aromatic heterocycles. The Hall–Kier alpha value is -3.18. The number of nitrogens with zero attached hydrogens (tertiary/aromatic N) is 1. The molecule has 11 heteroatoms. The largest absolute Gasteiger partial charge is 0.497 e. The van der Waals surface area contributed by atoms with E-state index < -0.39 is 10.0 Å². The molecule has 4 rings (SSSR count). The van der Waals surface area contributed by atoms with Crippen LogP contribution in [-0.2, 0) is 37.4 Å². The fraction of sp³-hybridized carbons (Fsp3) is 0.611. The lowest BCUT2D eigenvalue weighted by atomic mass is 10.0. The third-order valence-corrected chi connectivity index (χ3v) is 8.69. The molecule has 1 aliphatic heterocycles. The average molecular weight is 681 g/mol. The van der Waals surface area contributed by atoms with Gasteiger partial charge in [0.2, 0.25) is 10.0 Å². The second-order valence-electron chi connectivity index (χ2n) is 13.8. The molecule has 1 saturated carbocycles. The molecule has 2 aliphatic rings. The van der Waals surface area contributed by atoms with Gasteiger partial charge in [-0.2, -0.15) is 0 Å². The highest BCUT2D eigenvalue weighted by Gasteiger charge is 2.35. The Balaban J connectivity index is 0.000000321. The fourth-order valence-corrected chi connectivity index (χ4v) is 5.60. The Morgan fingerprint density at radius 2 is 1.49 bits per heavy atom. The van der Waals surface area contributed by atoms with Crippen LogP contribution in [0.4, 0.5) is 9.18 Å². The van der Waals surface area contributed by atoms with Gasteiger partial charge < -0.3 is 14.2 Å². The first-order valence-corrected chi connectivity index (χ1v) is 17.8. The number of ether oxygens (including phenoxy) is 3. The molecule has 0 spiro atoms. The topological polar surface area (TPSA) is 111 Å². The maximum absolute atomic E-state index is 13.4. The summed E-state index contributed by atoms with van der Waals surface area (Å²) in [6.07, 6.45) is 1.14. The van der Waals surface area contributed by atoms with Gasteiger partial charge in [-0.15, -0.1) is 0 Å². The molecule has 0 unspecified atom stereocenters. The number of sulfonamides is 1. The number of rotatable bonds is 7. The predicted molar refractivity (Wildman–Crippen MR) is 185 cm³/mol. The summed E-state index contributed by atoms with van der Waals surface area (Å²) in [6.45, 7) is 21.6. The SMILES string of the molecule is CC(C)C(=O)OC(C)(C)C.CC(C)NS(=O)(=O)C1CC1.CC(C)OC(=O)N1Cc2cccc(F)c2C1.COc1ccc(C(C)C)cc1. The standard InChI is InChI=1S/C12H14FNO2.C10H14O.C8H16O2.C6H13NO2S/c1-8(2)16-12(15)14-6-9-4-3-5-11(13)10(9)7-14;1-8(2)9-4-6-10(11-3)7-5-9;1-6(2)7(9)10-8(3,4)5;1-5(2)7-10(8,9)6-3-4-6/h3-5,8H,6-7H2,1-2H3;4-8H,1-3H3;6H,1-5H3;5-7H,3-4H2,1-2H3. The first kappa shape index (κ1) is 41.8. The van der Waals surface area contributed by atoms with Crippen molar-refractivity contribution in [2.75, 3.05) is 7.11 Å². The van der Waals surface area contributed by atoms with Gasteiger partial charge in [-0.05, 0) is 96.6 Å². The Kier molecular flexibility index (Phi) is 16.9. The molecule has 2 aromatic carbocycles. The van der Waals surface area contributed by atoms with E-state index in [1.807, 2.05) is 66.7 Å². The number of nitrogens with one attached hydrogen (secondary N) is 1. The summed E-state index contributed by atoms with van der Waals surface area (Å²) in [5, 5.41) is -0.0881. The van der Waals surface area contributed by atoms with E-state index in [1.54, 1.807) is 27.0 Å². The number of hydrogen-bond acceptors (Lipinski definition) is 7. The van der Waals surface area contributed by atoms with Crippen LogP contribution in [0.1, 0.15) is 112 Å². The highest BCUT2D eigenvalue weighted by molar-refractivity contribution is 7.90. The van der Waals surface area contributed by atoms with E-state index >= 15 is 0 Å². The number of carbonyl (C=O) groups excluding carboxylic acids is 2. The molecule has 9 nitrogen and oxygen atoms in total. The minimum Gasteiger partial charge on any atom is -0.497 e. The molecule has 2 aromatic rings. The van der Waals surface area contributed by atoms with Crippen molar-refractivity contribution < 1.29 is 36.6 Å². The predicted octanol–water partition coefficient (Wildman–Crippen LogP) is 7.97. The van der Waals surface area contributed by atoms with Crippen molar-refractivity contribution in [2.24, 2.45) is 5.92 Å². The van der Waals surface area contributed by atoms with E-state index in [9.17, 15) is 22.4 Å². The number of halogens is 1. The first-order valence-electron chi connectivity index (χ1n) is 16.3. The molecule has 0 radical (unpaired) electrons. The molecular formula is C36H57FN2O7S. The third-order valence-electron chi connectivity index (χ3n) is 6.54. The van der Waals surface area contributed by atoms with Crippen molar-refractivity contribution in [3.8, 4) is 5.75 Å². The molecule has 1 amide bonds. The zero-order valence-corrected chi connectivity index (χ0v) is 31.2. The highest BCUT2D eigenvalue weighted by Crippen LogP contribution is 2.27. The van der Waals surface area contributed by atoms with Crippen molar-refractivity contribution in [1.82, 2.24) is 9.62 Å². The van der Waals surface area contributed by atoms with Crippen LogP contribution in [0.15, 0.2) is 42.5 Å². The molecule has 0 bridgehead atoms. The Bertz CT molecular complexity index is 1360. The van der Waals surface area contributed by atoms with E-state index in [2.05, 4.69) is 30.7 Å². The Labute approximate surface area is 282 Å². The fourth-order valence-electron chi connectivity index (χ4n) is 4.00. The summed E-state index contributed by atoms with van der Waals surface area (Å²) >= 11 is 0. The molecule has 1 fully saturated rings. The molecule has 1 heterocycles. The number of methoxy groups -OCH3 is 1. The average Bonchev–Trinajstić information content (AvgIpc) is 3.72. The minimum absolute atomic E-state index is 0.0285. The minimum atomic E-state index is -2.94. The van der Waals surface area contributed by atoms with Crippen LogP contribution < -0.4 is 9.46 Å². The van der Waals surface area contributed by atoms with E-state index in [0.717, 1.165) is 24.2 Å². The number of benzene rings is 2. The molecule has 1 aliphatic carbocycles. The van der Waals surface area contributed by atoms with Crippen LogP contribution in [0.5, 0.6) is 5.75 Å². The van der Waals surface area contributed by atoms with E-state index in [-0.39, 0.29) is 46.8 Å². The zero-order chi connectivity index (χ0) is 36.1. The van der Waals surface area contributed by atoms with Crippen molar-refractivity contribution in [3.63, 3.8) is 0 Å². The Morgan fingerprint density at radius 1 is 0.915 bits per heavy atom. The molecule has 47 heavy (non-hydrogen) atoms. The van der Waals surface area contributed by atoms with Crippen LogP contribution >= 0.6 is 0 Å². The van der Waals surface area contributed by atoms with Gasteiger partial charge in [0.05, 0.1) is 30.9 Å². The number of carbonyl (C=O) groups is 2. The van der Waals surface area contributed by atoms with Crippen LogP contribution in [-0.4, -0.2) is 55.5 Å². The van der Waals surface area contributed by atoms with Crippen molar-refractivity contribution >= 4 is 22.1 Å². The molecule has 1 N–H and O–H groups in total. The summed E-state index contributed by atoms with van der Waals surface area (Å²) in [5.74, 6) is 1.11. The maximum Gasteiger partial charge on any atom is 0.410 e. The summed E-state index contributed by atoms with van der Waals surface area (Å²) in [4.78, 5) is 24.1. The van der Waals surface area contributed by atoms with Gasteiger partial charge in [0.1, 0.15) is 17.2 Å². The second-order valence-corrected chi connectivity index (χ2v) is 15.8. The van der Waals surface area contributed by atoms with Crippen LogP contribution in [0.3, 0.4) is 0 Å². The lowest BCUT2D eigenvalue weighted by molar-refractivity contribution is -0.158. The van der Waals surface area contributed by atoms with Gasteiger partial charge in [0.25, 0.3) is 0 Å². The summed E-state index contributed by atoms with van der Waals surface area (Å²) in [7, 11) is -1.25. The van der Waals surface area contributed by atoms with Crippen LogP contribution in [0.25, 0.3) is 0 Å². The first-order chi connectivity index (χ1) is 21.7. The number of fused-ring (bicyclic) bond motifs is 1. The summed E-state index contributed by atoms with van der Waals surface area (Å²) in [6, 6.07) is 13.1. The van der Waals surface area contributed by atoms with Gasteiger partial charge in [-0.25, -0.2) is 22.3 Å².